The van der Waals surface area contributed by atoms with Gasteiger partial charge in [0.05, 0.1) is 0 Å². The normalized spacial score (nSPS) is 9.92. The van der Waals surface area contributed by atoms with Crippen molar-refractivity contribution in [3.05, 3.63) is 42.0 Å². The number of halogens is 2. The Morgan fingerprint density at radius 2 is 1.83 bits per heavy atom. The minimum Gasteiger partial charge on any atom is -0.206 e. The molecule has 0 aliphatic carbocycles. The number of benzene rings is 1. The van der Waals surface area contributed by atoms with E-state index in [1.807, 2.05) is 0 Å². The van der Waals surface area contributed by atoms with Gasteiger partial charge in [0.1, 0.15) is 11.6 Å². The van der Waals surface area contributed by atoms with Crippen molar-refractivity contribution in [3.8, 4) is 0 Å². The summed E-state index contributed by atoms with van der Waals surface area (Å²) in [6.07, 6.45) is 0. The highest BCUT2D eigenvalue weighted by Gasteiger charge is 2.09. The van der Waals surface area contributed by atoms with Gasteiger partial charge >= 0.3 is 0 Å². The van der Waals surface area contributed by atoms with Gasteiger partial charge in [0.2, 0.25) is 0 Å². The predicted octanol–water partition coefficient (Wildman–Crippen LogP) is 2.91. The van der Waals surface area contributed by atoms with Gasteiger partial charge in [-0.1, -0.05) is 12.6 Å². The molecule has 0 aliphatic heterocycles. The summed E-state index contributed by atoms with van der Waals surface area (Å²) in [7, 11) is 0. The Morgan fingerprint density at radius 3 is 2.25 bits per heavy atom. The number of hydrogen-bond donors (Lipinski definition) is 1. The van der Waals surface area contributed by atoms with Crippen LogP contribution in [0.5, 0.6) is 0 Å². The Morgan fingerprint density at radius 1 is 1.33 bits per heavy atom. The third kappa shape index (κ3) is 1.67. The van der Waals surface area contributed by atoms with E-state index in [4.69, 9.17) is 0 Å². The van der Waals surface area contributed by atoms with E-state index in [0.717, 1.165) is 0 Å². The van der Waals surface area contributed by atoms with Crippen LogP contribution in [0.2, 0.25) is 0 Å². The van der Waals surface area contributed by atoms with Crippen LogP contribution >= 0.6 is 12.6 Å². The van der Waals surface area contributed by atoms with E-state index < -0.39 is 11.6 Å². The molecule has 0 nitrogen and oxygen atoms in total. The fourth-order valence-electron chi connectivity index (χ4n) is 0.915. The quantitative estimate of drug-likeness (QED) is 0.674. The zero-order chi connectivity index (χ0) is 9.14. The molecule has 0 unspecified atom stereocenters. The maximum atomic E-state index is 13.0. The molecule has 0 N–H and O–H groups in total. The van der Waals surface area contributed by atoms with Gasteiger partial charge in [0, 0.05) is 11.3 Å². The highest BCUT2D eigenvalue weighted by Crippen LogP contribution is 2.20. The summed E-state index contributed by atoms with van der Waals surface area (Å²) < 4.78 is 25.9. The first-order chi connectivity index (χ1) is 5.66. The van der Waals surface area contributed by atoms with Crippen LogP contribution in [0.4, 0.5) is 8.78 Å². The Balaban J connectivity index is 3.21. The molecular weight excluding hydrogens is 178 g/mol. The first kappa shape index (κ1) is 9.26. The van der Waals surface area contributed by atoms with Crippen LogP contribution in [0.1, 0.15) is 5.56 Å². The van der Waals surface area contributed by atoms with Crippen molar-refractivity contribution in [2.75, 3.05) is 5.75 Å². The molecule has 1 aromatic rings. The van der Waals surface area contributed by atoms with Crippen LogP contribution in [0.25, 0.3) is 5.57 Å². The SMILES string of the molecule is C=C(CS)c1c(F)cccc1F. The van der Waals surface area contributed by atoms with Crippen molar-refractivity contribution >= 4 is 18.2 Å². The molecule has 0 atom stereocenters. The van der Waals surface area contributed by atoms with Crippen molar-refractivity contribution in [1.29, 1.82) is 0 Å². The van der Waals surface area contributed by atoms with Gasteiger partial charge < -0.3 is 0 Å². The molecule has 0 saturated carbocycles. The summed E-state index contributed by atoms with van der Waals surface area (Å²) in [6.45, 7) is 3.51. The van der Waals surface area contributed by atoms with Crippen molar-refractivity contribution in [2.24, 2.45) is 0 Å². The van der Waals surface area contributed by atoms with Crippen molar-refractivity contribution in [1.82, 2.24) is 0 Å². The van der Waals surface area contributed by atoms with E-state index in [1.54, 1.807) is 0 Å². The highest BCUT2D eigenvalue weighted by molar-refractivity contribution is 7.80. The van der Waals surface area contributed by atoms with Crippen LogP contribution in [0.3, 0.4) is 0 Å². The molecule has 0 saturated heterocycles. The molecule has 0 aliphatic rings. The zero-order valence-electron chi connectivity index (χ0n) is 6.35. The average Bonchev–Trinajstić information content (AvgIpc) is 2.03. The van der Waals surface area contributed by atoms with E-state index in [2.05, 4.69) is 19.2 Å². The second-order valence-electron chi connectivity index (χ2n) is 2.36. The molecule has 1 aromatic carbocycles. The van der Waals surface area contributed by atoms with Gasteiger partial charge in [-0.15, -0.1) is 0 Å². The monoisotopic (exact) mass is 186 g/mol. The van der Waals surface area contributed by atoms with E-state index >= 15 is 0 Å². The van der Waals surface area contributed by atoms with Gasteiger partial charge in [-0.2, -0.15) is 12.6 Å². The lowest BCUT2D eigenvalue weighted by Crippen LogP contribution is -1.94. The summed E-state index contributed by atoms with van der Waals surface area (Å²) >= 11 is 3.89. The molecule has 0 spiro atoms. The smallest absolute Gasteiger partial charge is 0.133 e. The Labute approximate surface area is 75.3 Å². The summed E-state index contributed by atoms with van der Waals surface area (Å²) in [5.41, 5.74) is 0.293. The standard InChI is InChI=1S/C9H8F2S/c1-6(5-12)9-7(10)3-2-4-8(9)11/h2-4,12H,1,5H2. The largest absolute Gasteiger partial charge is 0.206 e. The zero-order valence-corrected chi connectivity index (χ0v) is 7.24. The van der Waals surface area contributed by atoms with Gasteiger partial charge in [-0.3, -0.25) is 0 Å². The molecule has 12 heavy (non-hydrogen) atoms. The van der Waals surface area contributed by atoms with Crippen molar-refractivity contribution in [3.63, 3.8) is 0 Å². The lowest BCUT2D eigenvalue weighted by atomic mass is 10.1. The maximum Gasteiger partial charge on any atom is 0.133 e. The second-order valence-corrected chi connectivity index (χ2v) is 2.67. The molecule has 1 rings (SSSR count). The fourth-order valence-corrected chi connectivity index (χ4v) is 1.07. The summed E-state index contributed by atoms with van der Waals surface area (Å²) in [6, 6.07) is 3.72. The molecule has 0 heterocycles. The van der Waals surface area contributed by atoms with Crippen molar-refractivity contribution in [2.45, 2.75) is 0 Å². The molecule has 0 radical (unpaired) electrons. The first-order valence-corrected chi connectivity index (χ1v) is 4.03. The predicted molar refractivity (Wildman–Crippen MR) is 49.2 cm³/mol. The summed E-state index contributed by atoms with van der Waals surface area (Å²) in [5.74, 6) is -0.930. The third-order valence-corrected chi connectivity index (χ3v) is 1.89. The van der Waals surface area contributed by atoms with Crippen LogP contribution in [0.15, 0.2) is 24.8 Å². The minimum absolute atomic E-state index is 0.0625. The first-order valence-electron chi connectivity index (χ1n) is 3.40. The minimum atomic E-state index is -0.589. The molecule has 0 bridgehead atoms. The lowest BCUT2D eigenvalue weighted by molar-refractivity contribution is 0.577. The molecular formula is C9H8F2S. The molecule has 0 fully saturated rings. The van der Waals surface area contributed by atoms with Crippen LogP contribution in [-0.4, -0.2) is 5.75 Å². The van der Waals surface area contributed by atoms with Crippen LogP contribution < -0.4 is 0 Å². The number of hydrogen-bond acceptors (Lipinski definition) is 1. The second kappa shape index (κ2) is 3.72. The molecule has 0 aromatic heterocycles. The summed E-state index contributed by atoms with van der Waals surface area (Å²) in [5, 5.41) is 0. The van der Waals surface area contributed by atoms with E-state index in [1.165, 1.54) is 18.2 Å². The highest BCUT2D eigenvalue weighted by atomic mass is 32.1. The molecule has 64 valence electrons. The van der Waals surface area contributed by atoms with Gasteiger partial charge in [0.15, 0.2) is 0 Å². The Kier molecular flexibility index (Phi) is 2.87. The number of thiol groups is 1. The topological polar surface area (TPSA) is 0 Å². The number of rotatable bonds is 2. The Bertz CT molecular complexity index is 287. The van der Waals surface area contributed by atoms with Crippen molar-refractivity contribution < 1.29 is 8.78 Å². The maximum absolute atomic E-state index is 13.0. The van der Waals surface area contributed by atoms with Gasteiger partial charge in [-0.25, -0.2) is 8.78 Å². The molecule has 0 amide bonds. The Hall–Kier alpha value is -0.830. The fraction of sp³-hybridized carbons (Fsp3) is 0.111. The van der Waals surface area contributed by atoms with Crippen LogP contribution in [-0.2, 0) is 0 Å². The van der Waals surface area contributed by atoms with E-state index in [9.17, 15) is 8.78 Å². The summed E-state index contributed by atoms with van der Waals surface area (Å²) in [4.78, 5) is 0. The van der Waals surface area contributed by atoms with Gasteiger partial charge in [-0.05, 0) is 17.7 Å². The van der Waals surface area contributed by atoms with E-state index in [0.29, 0.717) is 5.57 Å². The third-order valence-electron chi connectivity index (χ3n) is 1.51. The lowest BCUT2D eigenvalue weighted by Gasteiger charge is -2.04. The average molecular weight is 186 g/mol. The molecule has 3 heteroatoms. The van der Waals surface area contributed by atoms with Gasteiger partial charge in [0.25, 0.3) is 0 Å². The van der Waals surface area contributed by atoms with E-state index in [-0.39, 0.29) is 11.3 Å². The van der Waals surface area contributed by atoms with Crippen LogP contribution in [0, 0.1) is 11.6 Å².